The van der Waals surface area contributed by atoms with Crippen molar-refractivity contribution in [2.24, 2.45) is 5.92 Å². The van der Waals surface area contributed by atoms with Gasteiger partial charge in [-0.3, -0.25) is 0 Å². The first-order valence-electron chi connectivity index (χ1n) is 6.77. The van der Waals surface area contributed by atoms with Crippen molar-refractivity contribution in [3.05, 3.63) is 18.2 Å². The third-order valence-corrected chi connectivity index (χ3v) is 3.23. The van der Waals surface area contributed by atoms with Gasteiger partial charge in [0.25, 0.3) is 0 Å². The van der Waals surface area contributed by atoms with E-state index in [0.29, 0.717) is 17.4 Å². The number of unbranched alkanes of at least 4 members (excludes halogenated alkanes) is 1. The average Bonchev–Trinajstić information content (AvgIpc) is 2.40. The molecule has 0 aromatic heterocycles. The minimum atomic E-state index is 0.633. The third-order valence-electron chi connectivity index (χ3n) is 3.23. The van der Waals surface area contributed by atoms with E-state index in [1.807, 2.05) is 18.2 Å². The lowest BCUT2D eigenvalue weighted by molar-refractivity contribution is 0.232. The summed E-state index contributed by atoms with van der Waals surface area (Å²) >= 11 is 0. The summed E-state index contributed by atoms with van der Waals surface area (Å²) in [5.74, 6) is 2.14. The Morgan fingerprint density at radius 1 is 1.28 bits per heavy atom. The van der Waals surface area contributed by atoms with Gasteiger partial charge in [-0.1, -0.05) is 33.1 Å². The van der Waals surface area contributed by atoms with Gasteiger partial charge in [0, 0.05) is 6.07 Å². The Bertz CT molecular complexity index is 352. The molecule has 0 aliphatic carbocycles. The molecular weight excluding hydrogens is 226 g/mol. The molecule has 18 heavy (non-hydrogen) atoms. The normalized spacial score (nSPS) is 12.2. The molecule has 1 unspecified atom stereocenters. The largest absolute Gasteiger partial charge is 0.494 e. The van der Waals surface area contributed by atoms with Crippen molar-refractivity contribution in [2.75, 3.05) is 19.5 Å². The average molecular weight is 251 g/mol. The summed E-state index contributed by atoms with van der Waals surface area (Å²) in [6, 6.07) is 5.56. The van der Waals surface area contributed by atoms with Gasteiger partial charge in [-0.15, -0.1) is 0 Å². The van der Waals surface area contributed by atoms with Crippen LogP contribution in [-0.4, -0.2) is 13.7 Å². The molecule has 1 aromatic rings. The summed E-state index contributed by atoms with van der Waals surface area (Å²) in [6.07, 6.45) is 4.91. The number of nitrogen functional groups attached to an aromatic ring is 1. The molecule has 0 heterocycles. The zero-order valence-corrected chi connectivity index (χ0v) is 11.7. The number of methoxy groups -OCH3 is 1. The topological polar surface area (TPSA) is 44.5 Å². The van der Waals surface area contributed by atoms with Gasteiger partial charge < -0.3 is 15.2 Å². The zero-order chi connectivity index (χ0) is 13.4. The van der Waals surface area contributed by atoms with Crippen LogP contribution < -0.4 is 15.2 Å². The Kier molecular flexibility index (Phi) is 6.40. The van der Waals surface area contributed by atoms with Crippen molar-refractivity contribution < 1.29 is 9.47 Å². The molecule has 1 aromatic carbocycles. The summed E-state index contributed by atoms with van der Waals surface area (Å²) in [7, 11) is 1.62. The summed E-state index contributed by atoms with van der Waals surface area (Å²) < 4.78 is 11.0. The zero-order valence-electron chi connectivity index (χ0n) is 11.7. The van der Waals surface area contributed by atoms with E-state index in [1.54, 1.807) is 7.11 Å². The minimum Gasteiger partial charge on any atom is -0.494 e. The molecule has 1 rings (SSSR count). The lowest BCUT2D eigenvalue weighted by Crippen LogP contribution is -2.11. The molecule has 2 N–H and O–H groups in total. The molecule has 1 atom stereocenters. The van der Waals surface area contributed by atoms with Crippen LogP contribution in [-0.2, 0) is 0 Å². The molecule has 0 aliphatic rings. The smallest absolute Gasteiger partial charge is 0.145 e. The Morgan fingerprint density at radius 2 is 2.06 bits per heavy atom. The number of nitrogens with two attached hydrogens (primary N) is 1. The van der Waals surface area contributed by atoms with Crippen LogP contribution in [0, 0.1) is 5.92 Å². The molecule has 3 heteroatoms. The molecule has 0 amide bonds. The molecular formula is C15H25NO2. The second-order valence-electron chi connectivity index (χ2n) is 4.63. The lowest BCUT2D eigenvalue weighted by Gasteiger charge is -2.16. The van der Waals surface area contributed by atoms with E-state index in [-0.39, 0.29) is 0 Å². The molecule has 0 radical (unpaired) electrons. The Labute approximate surface area is 110 Å². The first-order chi connectivity index (χ1) is 8.71. The van der Waals surface area contributed by atoms with E-state index in [9.17, 15) is 0 Å². The maximum Gasteiger partial charge on any atom is 0.145 e. The first-order valence-corrected chi connectivity index (χ1v) is 6.77. The van der Waals surface area contributed by atoms with Crippen molar-refractivity contribution in [3.63, 3.8) is 0 Å². The molecule has 0 saturated heterocycles. The molecule has 0 fully saturated rings. The van der Waals surface area contributed by atoms with Crippen LogP contribution in [0.2, 0.25) is 0 Å². The first kappa shape index (κ1) is 14.7. The quantitative estimate of drug-likeness (QED) is 0.713. The number of anilines is 1. The van der Waals surface area contributed by atoms with Gasteiger partial charge in [-0.25, -0.2) is 0 Å². The fourth-order valence-corrected chi connectivity index (χ4v) is 1.89. The molecule has 0 saturated carbocycles. The Morgan fingerprint density at radius 3 is 2.67 bits per heavy atom. The summed E-state index contributed by atoms with van der Waals surface area (Å²) in [5, 5.41) is 0. The highest BCUT2D eigenvalue weighted by Gasteiger charge is 2.08. The van der Waals surface area contributed by atoms with E-state index in [1.165, 1.54) is 19.3 Å². The van der Waals surface area contributed by atoms with E-state index in [4.69, 9.17) is 15.2 Å². The number of benzene rings is 1. The van der Waals surface area contributed by atoms with Gasteiger partial charge in [-0.2, -0.15) is 0 Å². The van der Waals surface area contributed by atoms with Crippen molar-refractivity contribution in [3.8, 4) is 11.5 Å². The fraction of sp³-hybridized carbons (Fsp3) is 0.600. The maximum absolute atomic E-state index is 5.82. The maximum atomic E-state index is 5.82. The molecule has 102 valence electrons. The predicted molar refractivity (Wildman–Crippen MR) is 76.2 cm³/mol. The predicted octanol–water partition coefficient (Wildman–Crippen LogP) is 3.87. The summed E-state index contributed by atoms with van der Waals surface area (Å²) in [5.41, 5.74) is 6.41. The fourth-order valence-electron chi connectivity index (χ4n) is 1.89. The van der Waals surface area contributed by atoms with Crippen molar-refractivity contribution in [1.29, 1.82) is 0 Å². The summed E-state index contributed by atoms with van der Waals surface area (Å²) in [4.78, 5) is 0. The van der Waals surface area contributed by atoms with Crippen LogP contribution in [0.3, 0.4) is 0 Å². The van der Waals surface area contributed by atoms with E-state index in [0.717, 1.165) is 18.8 Å². The van der Waals surface area contributed by atoms with Gasteiger partial charge >= 0.3 is 0 Å². The highest BCUT2D eigenvalue weighted by atomic mass is 16.5. The van der Waals surface area contributed by atoms with Crippen LogP contribution in [0.5, 0.6) is 11.5 Å². The monoisotopic (exact) mass is 251 g/mol. The van der Waals surface area contributed by atoms with E-state index >= 15 is 0 Å². The molecule has 0 spiro atoms. The van der Waals surface area contributed by atoms with Crippen LogP contribution in [0.25, 0.3) is 0 Å². The standard InChI is InChI=1S/C15H25NO2/c1-4-6-7-12(5-2)11-18-13-8-9-14(16)15(10-13)17-3/h8-10,12H,4-7,11,16H2,1-3H3. The van der Waals surface area contributed by atoms with Crippen molar-refractivity contribution >= 4 is 5.69 Å². The number of hydrogen-bond donors (Lipinski definition) is 1. The highest BCUT2D eigenvalue weighted by molar-refractivity contribution is 5.55. The highest BCUT2D eigenvalue weighted by Crippen LogP contribution is 2.27. The second kappa shape index (κ2) is 7.85. The van der Waals surface area contributed by atoms with Crippen LogP contribution in [0.15, 0.2) is 18.2 Å². The van der Waals surface area contributed by atoms with Crippen LogP contribution in [0.4, 0.5) is 5.69 Å². The number of ether oxygens (including phenoxy) is 2. The molecule has 0 aliphatic heterocycles. The Balaban J connectivity index is 2.51. The molecule has 0 bridgehead atoms. The van der Waals surface area contributed by atoms with Crippen molar-refractivity contribution in [2.45, 2.75) is 39.5 Å². The van der Waals surface area contributed by atoms with Crippen LogP contribution in [0.1, 0.15) is 39.5 Å². The van der Waals surface area contributed by atoms with Gasteiger partial charge in [0.2, 0.25) is 0 Å². The van der Waals surface area contributed by atoms with Gasteiger partial charge in [0.1, 0.15) is 11.5 Å². The van der Waals surface area contributed by atoms with E-state index < -0.39 is 0 Å². The van der Waals surface area contributed by atoms with Gasteiger partial charge in [0.05, 0.1) is 19.4 Å². The second-order valence-corrected chi connectivity index (χ2v) is 4.63. The minimum absolute atomic E-state index is 0.633. The number of hydrogen-bond acceptors (Lipinski definition) is 3. The summed E-state index contributed by atoms with van der Waals surface area (Å²) in [6.45, 7) is 5.20. The molecule has 3 nitrogen and oxygen atoms in total. The van der Waals surface area contributed by atoms with Gasteiger partial charge in [-0.05, 0) is 24.5 Å². The van der Waals surface area contributed by atoms with E-state index in [2.05, 4.69) is 13.8 Å². The Hall–Kier alpha value is -1.38. The van der Waals surface area contributed by atoms with Crippen LogP contribution >= 0.6 is 0 Å². The third kappa shape index (κ3) is 4.47. The number of rotatable bonds is 8. The van der Waals surface area contributed by atoms with Gasteiger partial charge in [0.15, 0.2) is 0 Å². The SMILES string of the molecule is CCCCC(CC)COc1ccc(N)c(OC)c1. The lowest BCUT2D eigenvalue weighted by atomic mass is 10.0. The van der Waals surface area contributed by atoms with Crippen molar-refractivity contribution in [1.82, 2.24) is 0 Å².